The average molecular weight is 384 g/mol. The first-order valence-electron chi connectivity index (χ1n) is 8.87. The van der Waals surface area contributed by atoms with Crippen LogP contribution in [0.25, 0.3) is 10.2 Å². The van der Waals surface area contributed by atoms with Crippen molar-refractivity contribution in [2.24, 2.45) is 5.92 Å². The topological polar surface area (TPSA) is 86.1 Å². The van der Waals surface area contributed by atoms with Crippen molar-refractivity contribution in [1.82, 2.24) is 15.0 Å². The Kier molecular flexibility index (Phi) is 4.65. The molecule has 1 aliphatic rings. The van der Waals surface area contributed by atoms with Crippen molar-refractivity contribution in [2.75, 3.05) is 12.4 Å². The van der Waals surface area contributed by atoms with Crippen molar-refractivity contribution < 1.29 is 9.53 Å². The third-order valence-electron chi connectivity index (χ3n) is 4.86. The summed E-state index contributed by atoms with van der Waals surface area (Å²) in [6.45, 7) is 2.03. The van der Waals surface area contributed by atoms with Gasteiger partial charge in [0.25, 0.3) is 5.56 Å². The van der Waals surface area contributed by atoms with Gasteiger partial charge in [-0.2, -0.15) is 0 Å². The summed E-state index contributed by atoms with van der Waals surface area (Å²) in [6.07, 6.45) is 2.92. The van der Waals surface area contributed by atoms with Crippen molar-refractivity contribution in [3.8, 4) is 5.75 Å². The van der Waals surface area contributed by atoms with Gasteiger partial charge in [-0.1, -0.05) is 24.3 Å². The molecule has 3 aromatic rings. The third kappa shape index (κ3) is 3.32. The number of methoxy groups -OCH3 is 1. The van der Waals surface area contributed by atoms with Gasteiger partial charge in [-0.3, -0.25) is 9.59 Å². The lowest BCUT2D eigenvalue weighted by molar-refractivity contribution is -0.117. The molecule has 2 aromatic heterocycles. The summed E-state index contributed by atoms with van der Waals surface area (Å²) in [5.41, 5.74) is 1.39. The third-order valence-corrected chi connectivity index (χ3v) is 6.00. The van der Waals surface area contributed by atoms with Crippen LogP contribution in [0.4, 0.5) is 5.69 Å². The molecule has 1 aromatic carbocycles. The van der Waals surface area contributed by atoms with Crippen LogP contribution >= 0.6 is 11.3 Å². The highest BCUT2D eigenvalue weighted by atomic mass is 32.1. The maximum absolute atomic E-state index is 12.9. The van der Waals surface area contributed by atoms with Gasteiger partial charge in [0.2, 0.25) is 5.91 Å². The standard InChI is InChI=1S/C19H20N4O3S/c1-11-7-8-12-15(9-11)27-18-17(12)19(25)23(22-21-18)10-16(24)20-13-5-3-4-6-14(13)26-2/h3-6,11H,7-10H2,1-2H3,(H,20,24). The Morgan fingerprint density at radius 2 is 2.22 bits per heavy atom. The van der Waals surface area contributed by atoms with E-state index < -0.39 is 0 Å². The zero-order chi connectivity index (χ0) is 19.0. The maximum atomic E-state index is 12.9. The molecule has 1 N–H and O–H groups in total. The van der Waals surface area contributed by atoms with E-state index in [1.54, 1.807) is 29.5 Å². The summed E-state index contributed by atoms with van der Waals surface area (Å²) in [4.78, 5) is 27.2. The number of hydrogen-bond donors (Lipinski definition) is 1. The number of fused-ring (bicyclic) bond motifs is 3. The number of carbonyl (C=O) groups excluding carboxylic acids is 1. The normalized spacial score (nSPS) is 16.1. The molecule has 1 atom stereocenters. The molecule has 0 spiro atoms. The van der Waals surface area contributed by atoms with Gasteiger partial charge in [0.1, 0.15) is 12.3 Å². The molecule has 27 heavy (non-hydrogen) atoms. The van der Waals surface area contributed by atoms with E-state index in [1.807, 2.05) is 6.07 Å². The predicted molar refractivity (Wildman–Crippen MR) is 104 cm³/mol. The number of aromatic nitrogens is 3. The van der Waals surface area contributed by atoms with Crippen LogP contribution in [0.15, 0.2) is 29.1 Å². The van der Waals surface area contributed by atoms with E-state index in [2.05, 4.69) is 22.6 Å². The summed E-state index contributed by atoms with van der Waals surface area (Å²) >= 11 is 1.55. The Bertz CT molecular complexity index is 1070. The van der Waals surface area contributed by atoms with Crippen LogP contribution in [0.5, 0.6) is 5.75 Å². The molecular weight excluding hydrogens is 364 g/mol. The van der Waals surface area contributed by atoms with E-state index in [-0.39, 0.29) is 18.0 Å². The Hall–Kier alpha value is -2.74. The number of aryl methyl sites for hydroxylation is 1. The fourth-order valence-electron chi connectivity index (χ4n) is 3.47. The van der Waals surface area contributed by atoms with E-state index in [0.717, 1.165) is 29.5 Å². The van der Waals surface area contributed by atoms with Crippen LogP contribution < -0.4 is 15.6 Å². The zero-order valence-corrected chi connectivity index (χ0v) is 16.0. The minimum Gasteiger partial charge on any atom is -0.495 e. The molecule has 0 saturated carbocycles. The van der Waals surface area contributed by atoms with Gasteiger partial charge in [-0.05, 0) is 42.9 Å². The smallest absolute Gasteiger partial charge is 0.279 e. The first kappa shape index (κ1) is 17.7. The molecule has 1 aliphatic carbocycles. The minimum absolute atomic E-state index is 0.194. The van der Waals surface area contributed by atoms with Crippen LogP contribution in [-0.4, -0.2) is 28.0 Å². The lowest BCUT2D eigenvalue weighted by Crippen LogP contribution is -2.30. The summed E-state index contributed by atoms with van der Waals surface area (Å²) in [5, 5.41) is 11.5. The molecular formula is C19H20N4O3S. The van der Waals surface area contributed by atoms with Crippen LogP contribution in [0, 0.1) is 5.92 Å². The summed E-state index contributed by atoms with van der Waals surface area (Å²) in [7, 11) is 1.54. The van der Waals surface area contributed by atoms with Crippen molar-refractivity contribution in [3.63, 3.8) is 0 Å². The quantitative estimate of drug-likeness (QED) is 0.747. The second-order valence-electron chi connectivity index (χ2n) is 6.83. The molecule has 0 saturated heterocycles. The largest absolute Gasteiger partial charge is 0.495 e. The Labute approximate surface area is 160 Å². The van der Waals surface area contributed by atoms with E-state index >= 15 is 0 Å². The van der Waals surface area contributed by atoms with Crippen molar-refractivity contribution in [1.29, 1.82) is 0 Å². The van der Waals surface area contributed by atoms with Gasteiger partial charge < -0.3 is 10.1 Å². The minimum atomic E-state index is -0.354. The molecule has 1 unspecified atom stereocenters. The molecule has 0 aliphatic heterocycles. The number of para-hydroxylation sites is 2. The molecule has 8 heteroatoms. The first-order chi connectivity index (χ1) is 13.1. The number of benzene rings is 1. The Morgan fingerprint density at radius 3 is 3.04 bits per heavy atom. The summed E-state index contributed by atoms with van der Waals surface area (Å²) < 4.78 is 6.37. The van der Waals surface area contributed by atoms with Crippen molar-refractivity contribution in [2.45, 2.75) is 32.7 Å². The van der Waals surface area contributed by atoms with E-state index in [9.17, 15) is 9.59 Å². The van der Waals surface area contributed by atoms with Gasteiger partial charge in [-0.25, -0.2) is 4.68 Å². The number of nitrogens with one attached hydrogen (secondary N) is 1. The number of amides is 1. The summed E-state index contributed by atoms with van der Waals surface area (Å²) in [5.74, 6) is 0.820. The van der Waals surface area contributed by atoms with Crippen LogP contribution in [-0.2, 0) is 24.2 Å². The number of carbonyl (C=O) groups is 1. The Morgan fingerprint density at radius 1 is 1.41 bits per heavy atom. The second-order valence-corrected chi connectivity index (χ2v) is 7.92. The molecule has 1 amide bonds. The molecule has 140 valence electrons. The second kappa shape index (κ2) is 7.11. The lowest BCUT2D eigenvalue weighted by atomic mass is 9.89. The molecule has 4 rings (SSSR count). The highest BCUT2D eigenvalue weighted by Gasteiger charge is 2.24. The summed E-state index contributed by atoms with van der Waals surface area (Å²) in [6, 6.07) is 7.12. The number of nitrogens with zero attached hydrogens (tertiary/aromatic N) is 3. The first-order valence-corrected chi connectivity index (χ1v) is 9.69. The van der Waals surface area contributed by atoms with E-state index in [1.165, 1.54) is 12.0 Å². The number of thiophene rings is 1. The Balaban J connectivity index is 1.62. The molecule has 0 bridgehead atoms. The lowest BCUT2D eigenvalue weighted by Gasteiger charge is -2.17. The van der Waals surface area contributed by atoms with E-state index in [0.29, 0.717) is 27.6 Å². The van der Waals surface area contributed by atoms with Crippen LogP contribution in [0.2, 0.25) is 0 Å². The highest BCUT2D eigenvalue weighted by Crippen LogP contribution is 2.35. The number of rotatable bonds is 4. The number of ether oxygens (including phenoxy) is 1. The van der Waals surface area contributed by atoms with Gasteiger partial charge in [0.15, 0.2) is 4.83 Å². The SMILES string of the molecule is COc1ccccc1NC(=O)Cn1nnc2sc3c(c2c1=O)CCC(C)C3. The molecule has 0 radical (unpaired) electrons. The van der Waals surface area contributed by atoms with Gasteiger partial charge in [-0.15, -0.1) is 16.4 Å². The predicted octanol–water partition coefficient (Wildman–Crippen LogP) is 2.63. The fourth-order valence-corrected chi connectivity index (χ4v) is 4.79. The highest BCUT2D eigenvalue weighted by molar-refractivity contribution is 7.18. The molecule has 7 nitrogen and oxygen atoms in total. The molecule has 0 fully saturated rings. The average Bonchev–Trinajstić information content (AvgIpc) is 3.02. The van der Waals surface area contributed by atoms with E-state index in [4.69, 9.17) is 4.74 Å². The van der Waals surface area contributed by atoms with Gasteiger partial charge >= 0.3 is 0 Å². The van der Waals surface area contributed by atoms with Gasteiger partial charge in [0.05, 0.1) is 18.2 Å². The monoisotopic (exact) mass is 384 g/mol. The van der Waals surface area contributed by atoms with Crippen molar-refractivity contribution in [3.05, 3.63) is 45.1 Å². The maximum Gasteiger partial charge on any atom is 0.279 e. The van der Waals surface area contributed by atoms with Gasteiger partial charge in [0, 0.05) is 4.88 Å². The number of hydrogen-bond acceptors (Lipinski definition) is 6. The van der Waals surface area contributed by atoms with Crippen molar-refractivity contribution >= 4 is 33.1 Å². The van der Waals surface area contributed by atoms with Crippen LogP contribution in [0.3, 0.4) is 0 Å². The molecule has 2 heterocycles. The zero-order valence-electron chi connectivity index (χ0n) is 15.2. The fraction of sp³-hybridized carbons (Fsp3) is 0.368. The number of anilines is 1. The van der Waals surface area contributed by atoms with Crippen LogP contribution in [0.1, 0.15) is 23.8 Å².